The lowest BCUT2D eigenvalue weighted by molar-refractivity contribution is 0.0488. The van der Waals surface area contributed by atoms with Crippen LogP contribution >= 0.6 is 23.4 Å². The van der Waals surface area contributed by atoms with Crippen LogP contribution in [0.5, 0.6) is 5.75 Å². The molecular weight excluding hydrogens is 481 g/mol. The second-order valence-corrected chi connectivity index (χ2v) is 11.1. The molecule has 2 aromatic rings. The molecule has 2 aliphatic rings. The zero-order valence-corrected chi connectivity index (χ0v) is 21.1. The Kier molecular flexibility index (Phi) is 6.46. The Morgan fingerprint density at radius 1 is 1.21 bits per heavy atom. The van der Waals surface area contributed by atoms with E-state index in [0.717, 1.165) is 0 Å². The molecule has 182 valence electrons. The molecule has 34 heavy (non-hydrogen) atoms. The second kappa shape index (κ2) is 8.92. The van der Waals surface area contributed by atoms with Crippen LogP contribution in [0.2, 0.25) is 5.02 Å². The van der Waals surface area contributed by atoms with Gasteiger partial charge in [-0.25, -0.2) is 4.39 Å². The van der Waals surface area contributed by atoms with Gasteiger partial charge in [0.15, 0.2) is 5.75 Å². The first kappa shape index (κ1) is 24.6. The number of carbonyl (C=O) groups excluding carboxylic acids is 2. The van der Waals surface area contributed by atoms with E-state index >= 15 is 0 Å². The topological polar surface area (TPSA) is 82.9 Å². The molecule has 1 aromatic heterocycles. The molecule has 0 fully saturated rings. The second-order valence-electron chi connectivity index (χ2n) is 9.68. The molecule has 0 aliphatic carbocycles. The number of hydrogen-bond acceptors (Lipinski definition) is 5. The van der Waals surface area contributed by atoms with Gasteiger partial charge in [-0.1, -0.05) is 38.4 Å². The van der Waals surface area contributed by atoms with Crippen molar-refractivity contribution in [1.82, 2.24) is 14.4 Å². The minimum atomic E-state index is -0.742. The van der Waals surface area contributed by atoms with Gasteiger partial charge in [0.2, 0.25) is 0 Å². The van der Waals surface area contributed by atoms with Gasteiger partial charge in [-0.2, -0.15) is 11.8 Å². The number of aromatic hydroxyl groups is 1. The summed E-state index contributed by atoms with van der Waals surface area (Å²) in [5.41, 5.74) is -0.126. The SMILES string of the molecule is CSCCN1C(=O)c2c3c(c(O)c(=O)n2C1C(C)(C)C)C(=O)N(Cc1ccc(F)c(Cl)c1)CC3. The summed E-state index contributed by atoms with van der Waals surface area (Å²) in [6.45, 7) is 6.68. The normalized spacial score (nSPS) is 17.9. The number of halogens is 2. The Hall–Kier alpha value is -2.52. The summed E-state index contributed by atoms with van der Waals surface area (Å²) in [5.74, 6) is -1.34. The van der Waals surface area contributed by atoms with Gasteiger partial charge in [0.05, 0.1) is 10.6 Å². The quantitative estimate of drug-likeness (QED) is 0.663. The minimum Gasteiger partial charge on any atom is -0.502 e. The lowest BCUT2D eigenvalue weighted by Gasteiger charge is -2.36. The zero-order valence-electron chi connectivity index (χ0n) is 19.5. The summed E-state index contributed by atoms with van der Waals surface area (Å²) in [6.07, 6.45) is 1.68. The van der Waals surface area contributed by atoms with Gasteiger partial charge in [0.1, 0.15) is 17.7 Å². The largest absolute Gasteiger partial charge is 0.502 e. The van der Waals surface area contributed by atoms with E-state index in [-0.39, 0.29) is 35.3 Å². The first-order valence-corrected chi connectivity index (χ1v) is 12.8. The molecule has 0 saturated heterocycles. The Balaban J connectivity index is 1.79. The van der Waals surface area contributed by atoms with Crippen molar-refractivity contribution in [3.05, 3.63) is 61.8 Å². The van der Waals surface area contributed by atoms with Crippen LogP contribution in [0.3, 0.4) is 0 Å². The van der Waals surface area contributed by atoms with E-state index in [2.05, 4.69) is 0 Å². The van der Waals surface area contributed by atoms with Crippen molar-refractivity contribution in [3.63, 3.8) is 0 Å². The number of pyridine rings is 1. The maximum Gasteiger partial charge on any atom is 0.295 e. The number of nitrogens with zero attached hydrogens (tertiary/aromatic N) is 3. The standard InChI is InChI=1S/C24H27ClFN3O4S/c1-24(2,3)23-28(9-10-34-4)21(32)18-14-7-8-27(12-13-5-6-16(26)15(25)11-13)20(31)17(14)19(30)22(33)29(18)23/h5-6,11,23,30H,7-10,12H2,1-4H3. The molecule has 1 aromatic carbocycles. The van der Waals surface area contributed by atoms with Crippen LogP contribution in [0.4, 0.5) is 4.39 Å². The number of carbonyl (C=O) groups is 2. The molecule has 7 nitrogen and oxygen atoms in total. The molecule has 0 radical (unpaired) electrons. The van der Waals surface area contributed by atoms with Crippen LogP contribution in [-0.2, 0) is 13.0 Å². The van der Waals surface area contributed by atoms with Crippen molar-refractivity contribution in [2.75, 3.05) is 25.1 Å². The summed E-state index contributed by atoms with van der Waals surface area (Å²) in [6, 6.07) is 4.20. The van der Waals surface area contributed by atoms with Crippen molar-refractivity contribution >= 4 is 35.2 Å². The van der Waals surface area contributed by atoms with Crippen LogP contribution in [0.25, 0.3) is 0 Å². The zero-order chi connectivity index (χ0) is 24.9. The number of aromatic nitrogens is 1. The summed E-state index contributed by atoms with van der Waals surface area (Å²) in [4.78, 5) is 43.4. The van der Waals surface area contributed by atoms with Gasteiger partial charge in [-0.15, -0.1) is 0 Å². The van der Waals surface area contributed by atoms with E-state index in [1.165, 1.54) is 27.7 Å². The maximum absolute atomic E-state index is 13.5. The molecule has 3 heterocycles. The Labute approximate surface area is 206 Å². The number of amides is 2. The van der Waals surface area contributed by atoms with Gasteiger partial charge in [-0.3, -0.25) is 19.0 Å². The smallest absolute Gasteiger partial charge is 0.295 e. The first-order chi connectivity index (χ1) is 16.0. The van der Waals surface area contributed by atoms with Crippen LogP contribution in [0, 0.1) is 11.2 Å². The molecule has 2 amide bonds. The lowest BCUT2D eigenvalue weighted by atomic mass is 9.91. The van der Waals surface area contributed by atoms with E-state index in [1.54, 1.807) is 16.7 Å². The molecule has 0 spiro atoms. The van der Waals surface area contributed by atoms with Gasteiger partial charge in [0.25, 0.3) is 17.4 Å². The van der Waals surface area contributed by atoms with Crippen molar-refractivity contribution in [2.45, 2.75) is 39.9 Å². The maximum atomic E-state index is 13.5. The fraction of sp³-hybridized carbons (Fsp3) is 0.458. The van der Waals surface area contributed by atoms with Crippen molar-refractivity contribution < 1.29 is 19.1 Å². The summed E-state index contributed by atoms with van der Waals surface area (Å²) in [5, 5.41) is 10.8. The molecular formula is C24H27ClFN3O4S. The molecule has 2 aliphatic heterocycles. The first-order valence-electron chi connectivity index (χ1n) is 11.0. The monoisotopic (exact) mass is 507 g/mol. The van der Waals surface area contributed by atoms with Crippen molar-refractivity contribution in [3.8, 4) is 5.75 Å². The molecule has 4 rings (SSSR count). The van der Waals surface area contributed by atoms with E-state index in [4.69, 9.17) is 11.6 Å². The van der Waals surface area contributed by atoms with Crippen LogP contribution < -0.4 is 5.56 Å². The molecule has 1 unspecified atom stereocenters. The summed E-state index contributed by atoms with van der Waals surface area (Å²) >= 11 is 7.47. The van der Waals surface area contributed by atoms with E-state index in [1.807, 2.05) is 27.0 Å². The lowest BCUT2D eigenvalue weighted by Crippen LogP contribution is -2.42. The number of fused-ring (bicyclic) bond motifs is 3. The molecule has 0 bridgehead atoms. The predicted octanol–water partition coefficient (Wildman–Crippen LogP) is 3.91. The van der Waals surface area contributed by atoms with Crippen molar-refractivity contribution in [1.29, 1.82) is 0 Å². The number of thioether (sulfide) groups is 1. The van der Waals surface area contributed by atoms with Crippen LogP contribution in [0.15, 0.2) is 23.0 Å². The van der Waals surface area contributed by atoms with Crippen LogP contribution in [0.1, 0.15) is 58.9 Å². The number of benzene rings is 1. The third kappa shape index (κ3) is 3.98. The highest BCUT2D eigenvalue weighted by Crippen LogP contribution is 2.42. The highest BCUT2D eigenvalue weighted by Gasteiger charge is 2.47. The van der Waals surface area contributed by atoms with E-state index in [0.29, 0.717) is 29.8 Å². The number of rotatable bonds is 5. The van der Waals surface area contributed by atoms with Gasteiger partial charge >= 0.3 is 0 Å². The van der Waals surface area contributed by atoms with Gasteiger partial charge in [-0.05, 0) is 30.4 Å². The summed E-state index contributed by atoms with van der Waals surface area (Å²) in [7, 11) is 0. The minimum absolute atomic E-state index is 0.0505. The van der Waals surface area contributed by atoms with E-state index in [9.17, 15) is 23.9 Å². The Bertz CT molecular complexity index is 1240. The molecule has 1 N–H and O–H groups in total. The van der Waals surface area contributed by atoms with Gasteiger partial charge in [0, 0.05) is 36.4 Å². The highest BCUT2D eigenvalue weighted by molar-refractivity contribution is 7.98. The van der Waals surface area contributed by atoms with E-state index < -0.39 is 34.6 Å². The Morgan fingerprint density at radius 2 is 1.91 bits per heavy atom. The molecule has 0 saturated carbocycles. The molecule has 1 atom stereocenters. The van der Waals surface area contributed by atoms with Crippen molar-refractivity contribution in [2.24, 2.45) is 5.41 Å². The average Bonchev–Trinajstić information content (AvgIpc) is 3.07. The predicted molar refractivity (Wildman–Crippen MR) is 130 cm³/mol. The summed E-state index contributed by atoms with van der Waals surface area (Å²) < 4.78 is 14.9. The third-order valence-electron chi connectivity index (χ3n) is 6.29. The average molecular weight is 508 g/mol. The Morgan fingerprint density at radius 3 is 2.53 bits per heavy atom. The highest BCUT2D eigenvalue weighted by atomic mass is 35.5. The van der Waals surface area contributed by atoms with Gasteiger partial charge < -0.3 is 14.9 Å². The fourth-order valence-electron chi connectivity index (χ4n) is 4.84. The molecule has 10 heteroatoms. The fourth-order valence-corrected chi connectivity index (χ4v) is 5.42. The van der Waals surface area contributed by atoms with Crippen LogP contribution in [-0.4, -0.2) is 56.4 Å². The number of hydrogen-bond donors (Lipinski definition) is 1. The third-order valence-corrected chi connectivity index (χ3v) is 7.17.